The van der Waals surface area contributed by atoms with Crippen LogP contribution in [-0.2, 0) is 4.79 Å². The molecule has 0 aliphatic carbocycles. The van der Waals surface area contributed by atoms with Crippen molar-refractivity contribution in [3.05, 3.63) is 66.7 Å². The minimum atomic E-state index is -1.07. The van der Waals surface area contributed by atoms with Gasteiger partial charge in [-0.1, -0.05) is 12.1 Å². The number of hydrogen-bond donors (Lipinski definition) is 3. The molecule has 0 spiro atoms. The molecule has 1 fully saturated rings. The van der Waals surface area contributed by atoms with Crippen molar-refractivity contribution in [2.45, 2.75) is 19.1 Å². The Morgan fingerprint density at radius 3 is 2.60 bits per heavy atom. The topological polar surface area (TPSA) is 108 Å². The Kier molecular flexibility index (Phi) is 4.54. The molecule has 1 aromatic carbocycles. The number of aromatic amines is 1. The van der Waals surface area contributed by atoms with E-state index in [9.17, 15) is 9.90 Å². The minimum Gasteiger partial charge on any atom is -0.374 e. The summed E-state index contributed by atoms with van der Waals surface area (Å²) >= 11 is 0. The van der Waals surface area contributed by atoms with Gasteiger partial charge in [0, 0.05) is 71.1 Å². The van der Waals surface area contributed by atoms with Crippen LogP contribution in [0.3, 0.4) is 0 Å². The summed E-state index contributed by atoms with van der Waals surface area (Å²) < 4.78 is 0. The molecule has 3 aromatic heterocycles. The maximum Gasteiger partial charge on any atom is 0.227 e. The third-order valence-electron chi connectivity index (χ3n) is 5.53. The number of rotatable bonds is 4. The van der Waals surface area contributed by atoms with Crippen molar-refractivity contribution in [1.82, 2.24) is 15.0 Å². The zero-order valence-corrected chi connectivity index (χ0v) is 16.2. The maximum atomic E-state index is 12.0. The van der Waals surface area contributed by atoms with Gasteiger partial charge in [-0.15, -0.1) is 0 Å². The van der Waals surface area contributed by atoms with E-state index in [0.29, 0.717) is 12.0 Å². The molecule has 4 heterocycles. The van der Waals surface area contributed by atoms with Crippen molar-refractivity contribution in [2.75, 3.05) is 11.4 Å². The SMILES string of the molecule is NC(O)c1cnc2[nH]cc(-c3cncc(-c4ccc(N5CCCC5=O)cc4)c3)c2c1. The van der Waals surface area contributed by atoms with Crippen LogP contribution >= 0.6 is 0 Å². The Morgan fingerprint density at radius 2 is 1.87 bits per heavy atom. The Bertz CT molecular complexity index is 1230. The summed E-state index contributed by atoms with van der Waals surface area (Å²) in [5.41, 5.74) is 11.7. The molecule has 0 bridgehead atoms. The van der Waals surface area contributed by atoms with Gasteiger partial charge in [0.2, 0.25) is 5.91 Å². The number of fused-ring (bicyclic) bond motifs is 1. The Morgan fingerprint density at radius 1 is 1.07 bits per heavy atom. The number of anilines is 1. The molecule has 1 aliphatic rings. The van der Waals surface area contributed by atoms with Crippen LogP contribution in [0.1, 0.15) is 24.6 Å². The number of nitrogens with zero attached hydrogens (tertiary/aromatic N) is 3. The molecule has 30 heavy (non-hydrogen) atoms. The third-order valence-corrected chi connectivity index (χ3v) is 5.53. The average molecular weight is 399 g/mol. The first kappa shape index (κ1) is 18.5. The van der Waals surface area contributed by atoms with Gasteiger partial charge in [0.05, 0.1) is 0 Å². The first-order chi connectivity index (χ1) is 14.6. The number of nitrogens with two attached hydrogens (primary N) is 1. The highest BCUT2D eigenvalue weighted by Gasteiger charge is 2.21. The van der Waals surface area contributed by atoms with Gasteiger partial charge in [0.15, 0.2) is 0 Å². The fourth-order valence-electron chi connectivity index (χ4n) is 3.92. The van der Waals surface area contributed by atoms with Crippen molar-refractivity contribution in [3.63, 3.8) is 0 Å². The lowest BCUT2D eigenvalue weighted by Gasteiger charge is -2.16. The van der Waals surface area contributed by atoms with Crippen molar-refractivity contribution in [2.24, 2.45) is 5.73 Å². The highest BCUT2D eigenvalue weighted by molar-refractivity contribution is 5.96. The molecule has 1 amide bonds. The van der Waals surface area contributed by atoms with E-state index in [2.05, 4.69) is 21.0 Å². The highest BCUT2D eigenvalue weighted by atomic mass is 16.3. The van der Waals surface area contributed by atoms with E-state index in [1.807, 2.05) is 47.6 Å². The van der Waals surface area contributed by atoms with Crippen LogP contribution in [-0.4, -0.2) is 32.5 Å². The minimum absolute atomic E-state index is 0.182. The number of benzene rings is 1. The molecule has 1 atom stereocenters. The van der Waals surface area contributed by atoms with Crippen LogP contribution in [0.2, 0.25) is 0 Å². The molecular weight excluding hydrogens is 378 g/mol. The van der Waals surface area contributed by atoms with Gasteiger partial charge >= 0.3 is 0 Å². The second-order valence-corrected chi connectivity index (χ2v) is 7.47. The van der Waals surface area contributed by atoms with Crippen LogP contribution in [0.4, 0.5) is 5.69 Å². The third kappa shape index (κ3) is 3.24. The van der Waals surface area contributed by atoms with E-state index < -0.39 is 6.23 Å². The number of aromatic nitrogens is 3. The molecule has 0 radical (unpaired) electrons. The van der Waals surface area contributed by atoms with E-state index in [0.717, 1.165) is 51.9 Å². The van der Waals surface area contributed by atoms with Crippen molar-refractivity contribution in [1.29, 1.82) is 0 Å². The molecule has 0 saturated carbocycles. The van der Waals surface area contributed by atoms with Crippen molar-refractivity contribution >= 4 is 22.6 Å². The quantitative estimate of drug-likeness (QED) is 0.456. The van der Waals surface area contributed by atoms with Gasteiger partial charge in [-0.2, -0.15) is 0 Å². The summed E-state index contributed by atoms with van der Waals surface area (Å²) in [6.07, 6.45) is 7.53. The van der Waals surface area contributed by atoms with Crippen molar-refractivity contribution in [3.8, 4) is 22.3 Å². The average Bonchev–Trinajstić information content (AvgIpc) is 3.39. The summed E-state index contributed by atoms with van der Waals surface area (Å²) in [5, 5.41) is 10.6. The number of aliphatic hydroxyl groups excluding tert-OH is 1. The zero-order valence-electron chi connectivity index (χ0n) is 16.2. The largest absolute Gasteiger partial charge is 0.374 e. The molecule has 4 N–H and O–H groups in total. The van der Waals surface area contributed by atoms with Crippen LogP contribution in [0.25, 0.3) is 33.3 Å². The van der Waals surface area contributed by atoms with Gasteiger partial charge in [-0.25, -0.2) is 4.98 Å². The zero-order chi connectivity index (χ0) is 20.7. The smallest absolute Gasteiger partial charge is 0.227 e. The summed E-state index contributed by atoms with van der Waals surface area (Å²) in [6.45, 7) is 0.781. The Hall–Kier alpha value is -3.55. The van der Waals surface area contributed by atoms with Crippen LogP contribution in [0.15, 0.2) is 61.2 Å². The fraction of sp³-hybridized carbons (Fsp3) is 0.174. The predicted octanol–water partition coefficient (Wildman–Crippen LogP) is 3.37. The molecule has 150 valence electrons. The first-order valence-corrected chi connectivity index (χ1v) is 9.87. The maximum absolute atomic E-state index is 12.0. The lowest BCUT2D eigenvalue weighted by Crippen LogP contribution is -2.23. The number of carbonyl (C=O) groups excluding carboxylic acids is 1. The predicted molar refractivity (Wildman–Crippen MR) is 115 cm³/mol. The van der Waals surface area contributed by atoms with Gasteiger partial charge in [-0.3, -0.25) is 9.78 Å². The van der Waals surface area contributed by atoms with Gasteiger partial charge in [0.1, 0.15) is 11.9 Å². The molecule has 7 nitrogen and oxygen atoms in total. The second-order valence-electron chi connectivity index (χ2n) is 7.47. The lowest BCUT2D eigenvalue weighted by molar-refractivity contribution is -0.117. The Balaban J connectivity index is 1.50. The first-order valence-electron chi connectivity index (χ1n) is 9.87. The van der Waals surface area contributed by atoms with Crippen LogP contribution in [0, 0.1) is 0 Å². The van der Waals surface area contributed by atoms with Crippen LogP contribution in [0.5, 0.6) is 0 Å². The summed E-state index contributed by atoms with van der Waals surface area (Å²) in [7, 11) is 0. The number of pyridine rings is 2. The lowest BCUT2D eigenvalue weighted by atomic mass is 10.0. The number of carbonyl (C=O) groups is 1. The number of nitrogens with one attached hydrogen (secondary N) is 1. The van der Waals surface area contributed by atoms with E-state index >= 15 is 0 Å². The van der Waals surface area contributed by atoms with Gasteiger partial charge < -0.3 is 20.7 Å². The Labute approximate surface area is 173 Å². The van der Waals surface area contributed by atoms with Gasteiger partial charge in [0.25, 0.3) is 0 Å². The molecular formula is C23H21N5O2. The van der Waals surface area contributed by atoms with E-state index in [1.54, 1.807) is 12.4 Å². The fourth-order valence-corrected chi connectivity index (χ4v) is 3.92. The molecule has 4 aromatic rings. The standard InChI is InChI=1S/C23H21N5O2/c24-22(30)17-9-19-20(13-27-23(19)26-12-17)16-8-15(10-25-11-16)14-3-5-18(6-4-14)28-7-1-2-21(28)29/h3-6,8-13,22,30H,1-2,7,24H2,(H,26,27). The van der Waals surface area contributed by atoms with Crippen molar-refractivity contribution < 1.29 is 9.90 Å². The van der Waals surface area contributed by atoms with E-state index in [4.69, 9.17) is 5.73 Å². The summed E-state index contributed by atoms with van der Waals surface area (Å²) in [6, 6.07) is 11.9. The van der Waals surface area contributed by atoms with E-state index in [-0.39, 0.29) is 5.91 Å². The molecule has 1 saturated heterocycles. The van der Waals surface area contributed by atoms with Gasteiger partial charge in [-0.05, 0) is 36.2 Å². The molecule has 1 aliphatic heterocycles. The monoisotopic (exact) mass is 399 g/mol. The molecule has 1 unspecified atom stereocenters. The number of H-pyrrole nitrogens is 1. The van der Waals surface area contributed by atoms with Crippen LogP contribution < -0.4 is 10.6 Å². The number of hydrogen-bond acceptors (Lipinski definition) is 5. The number of amides is 1. The highest BCUT2D eigenvalue weighted by Crippen LogP contribution is 2.32. The number of aliphatic hydroxyl groups is 1. The normalized spacial score (nSPS) is 15.1. The molecule has 7 heteroatoms. The summed E-state index contributed by atoms with van der Waals surface area (Å²) in [4.78, 5) is 25.7. The summed E-state index contributed by atoms with van der Waals surface area (Å²) in [5.74, 6) is 0.182. The van der Waals surface area contributed by atoms with E-state index in [1.165, 1.54) is 0 Å². The molecule has 5 rings (SSSR count). The second kappa shape index (κ2) is 7.37.